The van der Waals surface area contributed by atoms with Crippen LogP contribution in [0, 0.1) is 6.92 Å². The van der Waals surface area contributed by atoms with Crippen LogP contribution in [0.5, 0.6) is 0 Å². The summed E-state index contributed by atoms with van der Waals surface area (Å²) >= 11 is 0. The van der Waals surface area contributed by atoms with E-state index in [0.29, 0.717) is 18.2 Å². The molecule has 1 unspecified atom stereocenters. The van der Waals surface area contributed by atoms with Crippen LogP contribution in [0.25, 0.3) is 0 Å². The molecule has 0 saturated heterocycles. The number of nitrogen functional groups attached to an aromatic ring is 1. The van der Waals surface area contributed by atoms with E-state index in [0.717, 1.165) is 24.1 Å². The quantitative estimate of drug-likeness (QED) is 0.855. The molecule has 0 saturated carbocycles. The molecule has 0 radical (unpaired) electrons. The van der Waals surface area contributed by atoms with Gasteiger partial charge in [-0.05, 0) is 33.6 Å². The zero-order valence-electron chi connectivity index (χ0n) is 11.5. The fraction of sp³-hybridized carbons (Fsp3) is 0.692. The van der Waals surface area contributed by atoms with Crippen LogP contribution >= 0.6 is 0 Å². The molecule has 0 aliphatic heterocycles. The highest BCUT2D eigenvalue weighted by Crippen LogP contribution is 2.28. The van der Waals surface area contributed by atoms with Gasteiger partial charge < -0.3 is 10.5 Å². The highest BCUT2D eigenvalue weighted by Gasteiger charge is 2.29. The molecule has 1 atom stereocenters. The number of ether oxygens (including phenoxy) is 1. The Morgan fingerprint density at radius 1 is 1.24 bits per heavy atom. The third kappa shape index (κ3) is 2.75. The third-order valence-corrected chi connectivity index (χ3v) is 3.23. The van der Waals surface area contributed by atoms with Crippen molar-refractivity contribution in [3.05, 3.63) is 17.1 Å². The fourth-order valence-corrected chi connectivity index (χ4v) is 1.81. The van der Waals surface area contributed by atoms with E-state index < -0.39 is 5.60 Å². The lowest BCUT2D eigenvalue weighted by Gasteiger charge is -2.27. The van der Waals surface area contributed by atoms with Gasteiger partial charge in [-0.3, -0.25) is 0 Å². The summed E-state index contributed by atoms with van der Waals surface area (Å²) in [7, 11) is 0. The lowest BCUT2D eigenvalue weighted by atomic mass is 10.0. The second-order valence-electron chi connectivity index (χ2n) is 4.38. The smallest absolute Gasteiger partial charge is 0.162 e. The van der Waals surface area contributed by atoms with Crippen LogP contribution in [0.2, 0.25) is 0 Å². The Kier molecular flexibility index (Phi) is 4.46. The van der Waals surface area contributed by atoms with Gasteiger partial charge in [0.15, 0.2) is 5.82 Å². The van der Waals surface area contributed by atoms with Gasteiger partial charge in [-0.25, -0.2) is 9.97 Å². The average Bonchev–Trinajstić information content (AvgIpc) is 2.32. The van der Waals surface area contributed by atoms with Crippen LogP contribution in [0.4, 0.5) is 5.82 Å². The topological polar surface area (TPSA) is 61.0 Å². The van der Waals surface area contributed by atoms with Crippen molar-refractivity contribution in [2.24, 2.45) is 0 Å². The van der Waals surface area contributed by atoms with E-state index in [1.807, 2.05) is 20.8 Å². The summed E-state index contributed by atoms with van der Waals surface area (Å²) in [6.07, 6.45) is 1.68. The number of nitrogens with zero attached hydrogens (tertiary/aromatic N) is 2. The maximum absolute atomic E-state index is 5.94. The maximum Gasteiger partial charge on any atom is 0.162 e. The molecule has 0 amide bonds. The minimum atomic E-state index is -0.444. The Morgan fingerprint density at radius 2 is 1.88 bits per heavy atom. The molecule has 0 aliphatic rings. The van der Waals surface area contributed by atoms with Gasteiger partial charge in [0.25, 0.3) is 0 Å². The Labute approximate surface area is 104 Å². The van der Waals surface area contributed by atoms with Crippen LogP contribution in [0.1, 0.15) is 51.2 Å². The highest BCUT2D eigenvalue weighted by atomic mass is 16.5. The minimum Gasteiger partial charge on any atom is -0.383 e. The largest absolute Gasteiger partial charge is 0.383 e. The SMILES string of the molecule is CCOC(C)(CC)c1nc(N)c(C)c(CC)n1. The lowest BCUT2D eigenvalue weighted by molar-refractivity contribution is -0.0390. The molecule has 17 heavy (non-hydrogen) atoms. The van der Waals surface area contributed by atoms with E-state index in [4.69, 9.17) is 10.5 Å². The molecule has 0 aromatic carbocycles. The molecule has 1 rings (SSSR count). The normalized spacial score (nSPS) is 14.6. The van der Waals surface area contributed by atoms with Gasteiger partial charge >= 0.3 is 0 Å². The monoisotopic (exact) mass is 237 g/mol. The van der Waals surface area contributed by atoms with E-state index >= 15 is 0 Å². The summed E-state index contributed by atoms with van der Waals surface area (Å²) in [5, 5.41) is 0. The number of aryl methyl sites for hydroxylation is 1. The molecule has 1 aromatic heterocycles. The van der Waals surface area contributed by atoms with E-state index in [2.05, 4.69) is 23.8 Å². The van der Waals surface area contributed by atoms with Gasteiger partial charge in [0.05, 0.1) is 0 Å². The van der Waals surface area contributed by atoms with Gasteiger partial charge in [-0.1, -0.05) is 13.8 Å². The van der Waals surface area contributed by atoms with Crippen molar-refractivity contribution in [2.45, 2.75) is 53.1 Å². The third-order valence-electron chi connectivity index (χ3n) is 3.23. The Morgan fingerprint density at radius 3 is 2.35 bits per heavy atom. The zero-order valence-corrected chi connectivity index (χ0v) is 11.5. The van der Waals surface area contributed by atoms with E-state index in [1.165, 1.54) is 0 Å². The van der Waals surface area contributed by atoms with E-state index in [1.54, 1.807) is 0 Å². The van der Waals surface area contributed by atoms with Gasteiger partial charge in [-0.15, -0.1) is 0 Å². The molecule has 1 heterocycles. The number of nitrogens with two attached hydrogens (primary N) is 1. The summed E-state index contributed by atoms with van der Waals surface area (Å²) in [5.74, 6) is 1.26. The number of hydrogen-bond donors (Lipinski definition) is 1. The molecule has 0 bridgehead atoms. The molecule has 0 aliphatic carbocycles. The van der Waals surface area contributed by atoms with E-state index in [9.17, 15) is 0 Å². The first-order valence-corrected chi connectivity index (χ1v) is 6.25. The molecular weight excluding hydrogens is 214 g/mol. The molecule has 2 N–H and O–H groups in total. The molecule has 0 fully saturated rings. The first-order chi connectivity index (χ1) is 7.98. The summed E-state index contributed by atoms with van der Waals surface area (Å²) < 4.78 is 5.78. The van der Waals surface area contributed by atoms with Crippen LogP contribution in [-0.4, -0.2) is 16.6 Å². The molecule has 4 heteroatoms. The zero-order chi connectivity index (χ0) is 13.1. The van der Waals surface area contributed by atoms with Crippen molar-refractivity contribution in [3.63, 3.8) is 0 Å². The number of anilines is 1. The average molecular weight is 237 g/mol. The second kappa shape index (κ2) is 5.45. The first kappa shape index (κ1) is 13.9. The fourth-order valence-electron chi connectivity index (χ4n) is 1.81. The van der Waals surface area contributed by atoms with Crippen molar-refractivity contribution in [3.8, 4) is 0 Å². The summed E-state index contributed by atoms with van der Waals surface area (Å²) in [6.45, 7) is 10.7. The van der Waals surface area contributed by atoms with Crippen molar-refractivity contribution < 1.29 is 4.74 Å². The predicted octanol–water partition coefficient (Wildman–Crippen LogP) is 2.59. The molecule has 96 valence electrons. The second-order valence-corrected chi connectivity index (χ2v) is 4.38. The Hall–Kier alpha value is -1.16. The summed E-state index contributed by atoms with van der Waals surface area (Å²) in [5.41, 5.74) is 7.48. The minimum absolute atomic E-state index is 0.444. The van der Waals surface area contributed by atoms with Crippen LogP contribution in [-0.2, 0) is 16.8 Å². The molecule has 1 aromatic rings. The molecular formula is C13H23N3O. The van der Waals surface area contributed by atoms with Crippen molar-refractivity contribution in [1.82, 2.24) is 9.97 Å². The van der Waals surface area contributed by atoms with Crippen LogP contribution in [0.15, 0.2) is 0 Å². The van der Waals surface area contributed by atoms with Crippen molar-refractivity contribution in [1.29, 1.82) is 0 Å². The standard InChI is InChI=1S/C13H23N3O/c1-6-10-9(4)11(14)16-12(15-10)13(5,7-2)17-8-3/h6-8H2,1-5H3,(H2,14,15,16). The highest BCUT2D eigenvalue weighted by molar-refractivity contribution is 5.41. The number of hydrogen-bond acceptors (Lipinski definition) is 4. The van der Waals surface area contributed by atoms with Gasteiger partial charge in [0, 0.05) is 17.9 Å². The number of rotatable bonds is 5. The van der Waals surface area contributed by atoms with Crippen molar-refractivity contribution >= 4 is 5.82 Å². The lowest BCUT2D eigenvalue weighted by Crippen LogP contribution is -2.29. The van der Waals surface area contributed by atoms with E-state index in [-0.39, 0.29) is 0 Å². The number of aromatic nitrogens is 2. The predicted molar refractivity (Wildman–Crippen MR) is 69.8 cm³/mol. The van der Waals surface area contributed by atoms with Gasteiger partial charge in [0.1, 0.15) is 11.4 Å². The van der Waals surface area contributed by atoms with Gasteiger partial charge in [-0.2, -0.15) is 0 Å². The summed E-state index contributed by atoms with van der Waals surface area (Å²) in [4.78, 5) is 8.98. The van der Waals surface area contributed by atoms with Crippen molar-refractivity contribution in [2.75, 3.05) is 12.3 Å². The summed E-state index contributed by atoms with van der Waals surface area (Å²) in [6, 6.07) is 0. The van der Waals surface area contributed by atoms with Crippen LogP contribution < -0.4 is 5.73 Å². The molecule has 0 spiro atoms. The first-order valence-electron chi connectivity index (χ1n) is 6.25. The Bertz CT molecular complexity index is 392. The Balaban J connectivity index is 3.25. The van der Waals surface area contributed by atoms with Gasteiger partial charge in [0.2, 0.25) is 0 Å². The van der Waals surface area contributed by atoms with Crippen LogP contribution in [0.3, 0.4) is 0 Å². The maximum atomic E-state index is 5.94. The molecule has 4 nitrogen and oxygen atoms in total.